The zero-order valence-electron chi connectivity index (χ0n) is 8.45. The summed E-state index contributed by atoms with van der Waals surface area (Å²) in [6.07, 6.45) is 1.53. The third kappa shape index (κ3) is 2.37. The van der Waals surface area contributed by atoms with Gasteiger partial charge in [0.1, 0.15) is 5.75 Å². The molecule has 0 unspecified atom stereocenters. The van der Waals surface area contributed by atoms with Gasteiger partial charge in [0.2, 0.25) is 0 Å². The zero-order chi connectivity index (χ0) is 10.4. The normalized spacial score (nSPS) is 10.8. The van der Waals surface area contributed by atoms with Crippen molar-refractivity contribution in [1.29, 1.82) is 5.26 Å². The quantitative estimate of drug-likeness (QED) is 0.681. The molecule has 0 saturated heterocycles. The fourth-order valence-electron chi connectivity index (χ4n) is 1.25. The molecule has 0 atom stereocenters. The smallest absolute Gasteiger partial charge is 0.126 e. The third-order valence-corrected chi connectivity index (χ3v) is 1.89. The van der Waals surface area contributed by atoms with Gasteiger partial charge in [-0.2, -0.15) is 5.26 Å². The summed E-state index contributed by atoms with van der Waals surface area (Å²) < 4.78 is 5.45. The number of rotatable bonds is 3. The monoisotopic (exact) mass is 187 g/mol. The molecule has 0 N–H and O–H groups in total. The maximum Gasteiger partial charge on any atom is 0.126 e. The SMILES string of the molecule is CCOc1ccccc1C(C)=CC#N. The lowest BCUT2D eigenvalue weighted by molar-refractivity contribution is 0.339. The predicted molar refractivity (Wildman–Crippen MR) is 56.9 cm³/mol. The van der Waals surface area contributed by atoms with Gasteiger partial charge in [-0.1, -0.05) is 18.2 Å². The average Bonchev–Trinajstić information content (AvgIpc) is 2.19. The van der Waals surface area contributed by atoms with Crippen LogP contribution in [0.15, 0.2) is 30.3 Å². The molecular formula is C12H13NO. The Hall–Kier alpha value is -1.75. The van der Waals surface area contributed by atoms with Crippen LogP contribution in [0, 0.1) is 11.3 Å². The Balaban J connectivity index is 3.08. The summed E-state index contributed by atoms with van der Waals surface area (Å²) in [5.41, 5.74) is 1.91. The van der Waals surface area contributed by atoms with Gasteiger partial charge in [0, 0.05) is 11.6 Å². The maximum atomic E-state index is 8.55. The van der Waals surface area contributed by atoms with E-state index in [0.29, 0.717) is 6.61 Å². The van der Waals surface area contributed by atoms with Crippen LogP contribution in [0.2, 0.25) is 0 Å². The molecule has 2 heteroatoms. The Bertz CT molecular complexity index is 374. The maximum absolute atomic E-state index is 8.55. The Morgan fingerprint density at radius 2 is 2.21 bits per heavy atom. The minimum Gasteiger partial charge on any atom is -0.493 e. The van der Waals surface area contributed by atoms with Gasteiger partial charge in [-0.05, 0) is 25.5 Å². The van der Waals surface area contributed by atoms with Crippen LogP contribution in [0.4, 0.5) is 0 Å². The highest BCUT2D eigenvalue weighted by Crippen LogP contribution is 2.25. The first-order valence-electron chi connectivity index (χ1n) is 4.58. The number of nitrogens with zero attached hydrogens (tertiary/aromatic N) is 1. The highest BCUT2D eigenvalue weighted by molar-refractivity contribution is 5.70. The van der Waals surface area contributed by atoms with Crippen LogP contribution < -0.4 is 4.74 Å². The minimum absolute atomic E-state index is 0.636. The van der Waals surface area contributed by atoms with Gasteiger partial charge in [-0.25, -0.2) is 0 Å². The molecule has 0 saturated carbocycles. The second-order valence-electron chi connectivity index (χ2n) is 2.89. The summed E-state index contributed by atoms with van der Waals surface area (Å²) >= 11 is 0. The third-order valence-electron chi connectivity index (χ3n) is 1.89. The summed E-state index contributed by atoms with van der Waals surface area (Å²) in [4.78, 5) is 0. The fourth-order valence-corrected chi connectivity index (χ4v) is 1.25. The van der Waals surface area contributed by atoms with E-state index >= 15 is 0 Å². The molecule has 1 aromatic carbocycles. The molecule has 72 valence electrons. The van der Waals surface area contributed by atoms with Crippen molar-refractivity contribution in [3.8, 4) is 11.8 Å². The molecule has 0 aromatic heterocycles. The molecule has 0 aliphatic rings. The number of hydrogen-bond donors (Lipinski definition) is 0. The zero-order valence-corrected chi connectivity index (χ0v) is 8.45. The minimum atomic E-state index is 0.636. The van der Waals surface area contributed by atoms with Gasteiger partial charge in [-0.15, -0.1) is 0 Å². The van der Waals surface area contributed by atoms with E-state index in [9.17, 15) is 0 Å². The van der Waals surface area contributed by atoms with E-state index in [-0.39, 0.29) is 0 Å². The van der Waals surface area contributed by atoms with E-state index in [2.05, 4.69) is 0 Å². The van der Waals surface area contributed by atoms with E-state index in [0.717, 1.165) is 16.9 Å². The van der Waals surface area contributed by atoms with Crippen molar-refractivity contribution in [2.24, 2.45) is 0 Å². The second-order valence-corrected chi connectivity index (χ2v) is 2.89. The Morgan fingerprint density at radius 3 is 2.86 bits per heavy atom. The molecule has 0 radical (unpaired) electrons. The summed E-state index contributed by atoms with van der Waals surface area (Å²) in [7, 11) is 0. The first-order chi connectivity index (χ1) is 6.79. The molecule has 0 spiro atoms. The van der Waals surface area contributed by atoms with E-state index in [1.165, 1.54) is 6.08 Å². The van der Waals surface area contributed by atoms with Crippen LogP contribution in [0.1, 0.15) is 19.4 Å². The van der Waals surface area contributed by atoms with E-state index in [1.807, 2.05) is 44.2 Å². The lowest BCUT2D eigenvalue weighted by Gasteiger charge is -2.09. The molecule has 0 fully saturated rings. The Labute approximate surface area is 84.4 Å². The van der Waals surface area contributed by atoms with Crippen molar-refractivity contribution in [1.82, 2.24) is 0 Å². The largest absolute Gasteiger partial charge is 0.493 e. The van der Waals surface area contributed by atoms with Crippen molar-refractivity contribution >= 4 is 5.57 Å². The summed E-state index contributed by atoms with van der Waals surface area (Å²) in [6.45, 7) is 4.48. The van der Waals surface area contributed by atoms with E-state index < -0.39 is 0 Å². The molecular weight excluding hydrogens is 174 g/mol. The summed E-state index contributed by atoms with van der Waals surface area (Å²) in [5, 5.41) is 8.55. The molecule has 1 aromatic rings. The number of nitriles is 1. The fraction of sp³-hybridized carbons (Fsp3) is 0.250. The van der Waals surface area contributed by atoms with Crippen LogP contribution >= 0.6 is 0 Å². The lowest BCUT2D eigenvalue weighted by atomic mass is 10.1. The van der Waals surface area contributed by atoms with Gasteiger partial charge in [-0.3, -0.25) is 0 Å². The molecule has 2 nitrogen and oxygen atoms in total. The highest BCUT2D eigenvalue weighted by Gasteiger charge is 2.03. The molecule has 0 heterocycles. The van der Waals surface area contributed by atoms with Crippen molar-refractivity contribution in [3.05, 3.63) is 35.9 Å². The first-order valence-corrected chi connectivity index (χ1v) is 4.58. The second kappa shape index (κ2) is 5.08. The van der Waals surface area contributed by atoms with Crippen LogP contribution in [0.5, 0.6) is 5.75 Å². The molecule has 0 aliphatic heterocycles. The molecule has 0 bridgehead atoms. The van der Waals surface area contributed by atoms with E-state index in [1.54, 1.807) is 0 Å². The van der Waals surface area contributed by atoms with E-state index in [4.69, 9.17) is 10.00 Å². The van der Waals surface area contributed by atoms with Gasteiger partial charge in [0.05, 0.1) is 12.7 Å². The average molecular weight is 187 g/mol. The molecule has 0 amide bonds. The Morgan fingerprint density at radius 1 is 1.50 bits per heavy atom. The molecule has 14 heavy (non-hydrogen) atoms. The lowest BCUT2D eigenvalue weighted by Crippen LogP contribution is -1.94. The summed E-state index contributed by atoms with van der Waals surface area (Å²) in [6, 6.07) is 9.74. The van der Waals surface area contributed by atoms with Crippen LogP contribution in [0.25, 0.3) is 5.57 Å². The number of ether oxygens (including phenoxy) is 1. The van der Waals surface area contributed by atoms with Gasteiger partial charge in [0.25, 0.3) is 0 Å². The van der Waals surface area contributed by atoms with Crippen molar-refractivity contribution in [2.75, 3.05) is 6.61 Å². The number of benzene rings is 1. The standard InChI is InChI=1S/C12H13NO/c1-3-14-12-7-5-4-6-11(12)10(2)8-9-13/h4-8H,3H2,1-2H3. The molecule has 1 rings (SSSR count). The van der Waals surface area contributed by atoms with Crippen molar-refractivity contribution in [2.45, 2.75) is 13.8 Å². The first kappa shape index (κ1) is 10.3. The Kier molecular flexibility index (Phi) is 3.75. The highest BCUT2D eigenvalue weighted by atomic mass is 16.5. The summed E-state index contributed by atoms with van der Waals surface area (Å²) in [5.74, 6) is 0.832. The van der Waals surface area contributed by atoms with Crippen LogP contribution in [0.3, 0.4) is 0 Å². The van der Waals surface area contributed by atoms with Crippen LogP contribution in [-0.2, 0) is 0 Å². The van der Waals surface area contributed by atoms with Crippen LogP contribution in [-0.4, -0.2) is 6.61 Å². The van der Waals surface area contributed by atoms with Crippen molar-refractivity contribution in [3.63, 3.8) is 0 Å². The van der Waals surface area contributed by atoms with Gasteiger partial charge >= 0.3 is 0 Å². The number of para-hydroxylation sites is 1. The number of allylic oxidation sites excluding steroid dienone is 2. The topological polar surface area (TPSA) is 33.0 Å². The van der Waals surface area contributed by atoms with Gasteiger partial charge in [0.15, 0.2) is 0 Å². The van der Waals surface area contributed by atoms with Crippen molar-refractivity contribution < 1.29 is 4.74 Å². The number of hydrogen-bond acceptors (Lipinski definition) is 2. The molecule has 0 aliphatic carbocycles. The van der Waals surface area contributed by atoms with Gasteiger partial charge < -0.3 is 4.74 Å². The predicted octanol–water partition coefficient (Wildman–Crippen LogP) is 3.01.